The van der Waals surface area contributed by atoms with Crippen LogP contribution in [0.5, 0.6) is 11.5 Å². The van der Waals surface area contributed by atoms with Crippen molar-refractivity contribution >= 4 is 0 Å². The van der Waals surface area contributed by atoms with Gasteiger partial charge in [0, 0.05) is 66.5 Å². The molecule has 0 amide bonds. The van der Waals surface area contributed by atoms with Gasteiger partial charge in [-0.1, -0.05) is 12.1 Å². The van der Waals surface area contributed by atoms with Crippen molar-refractivity contribution in [1.82, 2.24) is 19.4 Å². The monoisotopic (exact) mass is 520 g/mol. The van der Waals surface area contributed by atoms with Gasteiger partial charge in [-0.3, -0.25) is 4.90 Å². The number of nitrogens with zero attached hydrogens (tertiary/aromatic N) is 4. The molecule has 38 heavy (non-hydrogen) atoms. The molecular formula is C29H27F3N4O2. The molecule has 0 N–H and O–H groups in total. The first-order valence-electron chi connectivity index (χ1n) is 12.6. The average molecular weight is 521 g/mol. The van der Waals surface area contributed by atoms with Crippen LogP contribution in [0.15, 0.2) is 54.7 Å². The van der Waals surface area contributed by atoms with Gasteiger partial charge in [-0.25, -0.2) is 9.97 Å². The highest BCUT2D eigenvalue weighted by atomic mass is 19.4. The van der Waals surface area contributed by atoms with E-state index in [1.165, 1.54) is 23.4 Å². The second-order valence-electron chi connectivity index (χ2n) is 9.76. The topological polar surface area (TPSA) is 52.4 Å². The van der Waals surface area contributed by atoms with E-state index in [1.54, 1.807) is 6.20 Å². The minimum atomic E-state index is -4.36. The Labute approximate surface area is 218 Å². The third-order valence-electron chi connectivity index (χ3n) is 7.20. The summed E-state index contributed by atoms with van der Waals surface area (Å²) in [6, 6.07) is 13.3. The first kappa shape index (κ1) is 24.5. The molecule has 4 aromatic rings. The second kappa shape index (κ2) is 9.47. The van der Waals surface area contributed by atoms with Crippen molar-refractivity contribution < 1.29 is 22.6 Å². The zero-order valence-electron chi connectivity index (χ0n) is 21.2. The number of rotatable bonds is 4. The largest absolute Gasteiger partial charge is 0.486 e. The van der Waals surface area contributed by atoms with Crippen molar-refractivity contribution in [3.63, 3.8) is 0 Å². The fourth-order valence-electron chi connectivity index (χ4n) is 5.26. The molecule has 6 rings (SSSR count). The minimum absolute atomic E-state index is 0.453. The Hall–Kier alpha value is -3.85. The summed E-state index contributed by atoms with van der Waals surface area (Å²) in [5, 5.41) is 0. The minimum Gasteiger partial charge on any atom is -0.486 e. The number of halogens is 3. The van der Waals surface area contributed by atoms with Crippen LogP contribution in [0.4, 0.5) is 13.2 Å². The lowest BCUT2D eigenvalue weighted by Gasteiger charge is -2.28. The smallest absolute Gasteiger partial charge is 0.416 e. The average Bonchev–Trinajstić information content (AvgIpc) is 3.19. The lowest BCUT2D eigenvalue weighted by molar-refractivity contribution is -0.137. The van der Waals surface area contributed by atoms with Gasteiger partial charge < -0.3 is 14.0 Å². The second-order valence-corrected chi connectivity index (χ2v) is 9.76. The summed E-state index contributed by atoms with van der Waals surface area (Å²) < 4.78 is 52.4. The summed E-state index contributed by atoms with van der Waals surface area (Å²) in [6.07, 6.45) is -1.80. The van der Waals surface area contributed by atoms with Crippen LogP contribution in [0.3, 0.4) is 0 Å². The van der Waals surface area contributed by atoms with Gasteiger partial charge in [0.2, 0.25) is 0 Å². The Bertz CT molecular complexity index is 1500. The van der Waals surface area contributed by atoms with E-state index in [2.05, 4.69) is 45.4 Å². The van der Waals surface area contributed by atoms with E-state index in [0.717, 1.165) is 72.3 Å². The molecule has 6 nitrogen and oxygen atoms in total. The lowest BCUT2D eigenvalue weighted by Crippen LogP contribution is -2.31. The fraction of sp³-hybridized carbons (Fsp3) is 0.310. The molecule has 0 fully saturated rings. The van der Waals surface area contributed by atoms with Crippen LogP contribution in [-0.2, 0) is 25.7 Å². The summed E-state index contributed by atoms with van der Waals surface area (Å²) in [5.41, 5.74) is 6.53. The Morgan fingerprint density at radius 1 is 0.947 bits per heavy atom. The summed E-state index contributed by atoms with van der Waals surface area (Å²) >= 11 is 0. The van der Waals surface area contributed by atoms with Gasteiger partial charge in [-0.15, -0.1) is 0 Å². The van der Waals surface area contributed by atoms with Crippen molar-refractivity contribution in [3.8, 4) is 28.6 Å². The molecule has 0 aliphatic carbocycles. The molecular weight excluding hydrogens is 493 g/mol. The third-order valence-corrected chi connectivity index (χ3v) is 7.20. The normalized spacial score (nSPS) is 15.4. The number of ether oxygens (including phenoxy) is 2. The summed E-state index contributed by atoms with van der Waals surface area (Å²) in [7, 11) is 0. The van der Waals surface area contributed by atoms with Gasteiger partial charge in [-0.2, -0.15) is 13.2 Å². The molecule has 196 valence electrons. The SMILES string of the molecule is Cc1cc(CN2CCc3nc(-c4ccc(C(F)(F)F)cc4)ncc3C2)c(C)n1-c1ccc2c(c1)OCCO2. The molecule has 0 bridgehead atoms. The van der Waals surface area contributed by atoms with Crippen molar-refractivity contribution in [2.24, 2.45) is 0 Å². The molecule has 2 aliphatic heterocycles. The molecule has 0 spiro atoms. The van der Waals surface area contributed by atoms with E-state index in [1.807, 2.05) is 12.1 Å². The summed E-state index contributed by atoms with van der Waals surface area (Å²) in [6.45, 7) is 7.71. The highest BCUT2D eigenvalue weighted by molar-refractivity contribution is 5.56. The van der Waals surface area contributed by atoms with Gasteiger partial charge in [0.1, 0.15) is 13.2 Å². The number of fused-ring (bicyclic) bond motifs is 2. The standard InChI is InChI=1S/C29H27F3N4O2/c1-18-13-21(19(2)36(18)24-7-8-26-27(14-24)38-12-11-37-26)16-35-10-9-25-22(17-35)15-33-28(34-25)20-3-5-23(6-4-20)29(30,31)32/h3-8,13-15H,9-12,16-17H2,1-2H3. The van der Waals surface area contributed by atoms with Crippen LogP contribution in [0.25, 0.3) is 17.1 Å². The van der Waals surface area contributed by atoms with E-state index in [4.69, 9.17) is 9.47 Å². The van der Waals surface area contributed by atoms with E-state index < -0.39 is 11.7 Å². The molecule has 0 saturated heterocycles. The van der Waals surface area contributed by atoms with E-state index in [0.29, 0.717) is 24.6 Å². The van der Waals surface area contributed by atoms with E-state index >= 15 is 0 Å². The van der Waals surface area contributed by atoms with E-state index in [9.17, 15) is 13.2 Å². The van der Waals surface area contributed by atoms with Crippen molar-refractivity contribution in [1.29, 1.82) is 0 Å². The van der Waals surface area contributed by atoms with Crippen LogP contribution in [0.2, 0.25) is 0 Å². The highest BCUT2D eigenvalue weighted by Crippen LogP contribution is 2.34. The first-order valence-corrected chi connectivity index (χ1v) is 12.6. The van der Waals surface area contributed by atoms with Crippen LogP contribution >= 0.6 is 0 Å². The van der Waals surface area contributed by atoms with Crippen LogP contribution < -0.4 is 9.47 Å². The predicted molar refractivity (Wildman–Crippen MR) is 137 cm³/mol. The number of aromatic nitrogens is 3. The van der Waals surface area contributed by atoms with Crippen LogP contribution in [-0.4, -0.2) is 39.2 Å². The molecule has 0 unspecified atom stereocenters. The molecule has 2 aromatic carbocycles. The quantitative estimate of drug-likeness (QED) is 0.336. The molecule has 0 atom stereocenters. The van der Waals surface area contributed by atoms with Crippen LogP contribution in [0.1, 0.15) is 33.8 Å². The maximum atomic E-state index is 12.9. The predicted octanol–water partition coefficient (Wildman–Crippen LogP) is 5.90. The zero-order chi connectivity index (χ0) is 26.4. The van der Waals surface area contributed by atoms with Crippen molar-refractivity contribution in [3.05, 3.63) is 88.5 Å². The molecule has 9 heteroatoms. The third kappa shape index (κ3) is 4.62. The molecule has 2 aliphatic rings. The summed E-state index contributed by atoms with van der Waals surface area (Å²) in [4.78, 5) is 11.5. The lowest BCUT2D eigenvalue weighted by atomic mass is 10.1. The number of hydrogen-bond donors (Lipinski definition) is 0. The fourth-order valence-corrected chi connectivity index (χ4v) is 5.26. The number of hydrogen-bond acceptors (Lipinski definition) is 5. The Morgan fingerprint density at radius 3 is 2.47 bits per heavy atom. The number of benzene rings is 2. The maximum Gasteiger partial charge on any atom is 0.416 e. The van der Waals surface area contributed by atoms with Gasteiger partial charge in [0.05, 0.1) is 11.3 Å². The molecule has 0 radical (unpaired) electrons. The molecule has 0 saturated carbocycles. The molecule has 4 heterocycles. The Balaban J connectivity index is 1.18. The van der Waals surface area contributed by atoms with Crippen LogP contribution in [0, 0.1) is 13.8 Å². The Morgan fingerprint density at radius 2 is 1.71 bits per heavy atom. The van der Waals surface area contributed by atoms with E-state index in [-0.39, 0.29) is 0 Å². The zero-order valence-corrected chi connectivity index (χ0v) is 21.2. The molecule has 2 aromatic heterocycles. The van der Waals surface area contributed by atoms with Crippen molar-refractivity contribution in [2.45, 2.75) is 39.5 Å². The number of aryl methyl sites for hydroxylation is 1. The van der Waals surface area contributed by atoms with Crippen molar-refractivity contribution in [2.75, 3.05) is 19.8 Å². The van der Waals surface area contributed by atoms with Gasteiger partial charge in [-0.05, 0) is 49.7 Å². The number of alkyl halides is 3. The summed E-state index contributed by atoms with van der Waals surface area (Å²) in [5.74, 6) is 2.00. The van der Waals surface area contributed by atoms with Gasteiger partial charge >= 0.3 is 6.18 Å². The first-order chi connectivity index (χ1) is 18.3. The highest BCUT2D eigenvalue weighted by Gasteiger charge is 2.30. The van der Waals surface area contributed by atoms with Gasteiger partial charge in [0.15, 0.2) is 17.3 Å². The van der Waals surface area contributed by atoms with Gasteiger partial charge in [0.25, 0.3) is 0 Å². The Kier molecular flexibility index (Phi) is 6.10. The maximum absolute atomic E-state index is 12.9.